The van der Waals surface area contributed by atoms with Crippen LogP contribution < -0.4 is 15.6 Å². The number of amides is 1. The molecule has 1 N–H and O–H groups in total. The van der Waals surface area contributed by atoms with E-state index in [1.165, 1.54) is 23.9 Å². The molecule has 4 aromatic rings. The highest BCUT2D eigenvalue weighted by Crippen LogP contribution is 2.34. The van der Waals surface area contributed by atoms with Crippen LogP contribution in [0.3, 0.4) is 0 Å². The minimum atomic E-state index is -4.64. The highest BCUT2D eigenvalue weighted by Gasteiger charge is 2.33. The van der Waals surface area contributed by atoms with Gasteiger partial charge in [-0.15, -0.1) is 5.10 Å². The number of carbonyl (C=O) groups is 1. The van der Waals surface area contributed by atoms with Crippen molar-refractivity contribution in [3.8, 4) is 11.4 Å². The third-order valence-electron chi connectivity index (χ3n) is 4.57. The topological polar surface area (TPSA) is 104 Å². The van der Waals surface area contributed by atoms with Gasteiger partial charge >= 0.3 is 6.18 Å². The van der Waals surface area contributed by atoms with E-state index in [-0.39, 0.29) is 11.2 Å². The van der Waals surface area contributed by atoms with E-state index in [4.69, 9.17) is 4.74 Å². The Bertz CT molecular complexity index is 1350. The lowest BCUT2D eigenvalue weighted by Crippen LogP contribution is -2.28. The van der Waals surface area contributed by atoms with Gasteiger partial charge in [0.2, 0.25) is 5.91 Å². The molecule has 0 aliphatic heterocycles. The first kappa shape index (κ1) is 21.0. The summed E-state index contributed by atoms with van der Waals surface area (Å²) in [6, 6.07) is 11.4. The Kier molecular flexibility index (Phi) is 5.34. The molecule has 0 fully saturated rings. The summed E-state index contributed by atoms with van der Waals surface area (Å²) in [6.07, 6.45) is -3.52. The zero-order valence-electron chi connectivity index (χ0n) is 16.5. The number of methoxy groups -OCH3 is 1. The quantitative estimate of drug-likeness (QED) is 0.508. The van der Waals surface area contributed by atoms with Crippen molar-refractivity contribution >= 4 is 22.8 Å². The molecule has 0 aliphatic rings. The molecule has 164 valence electrons. The standard InChI is InChI=1S/C20H15F3N6O3/c1-32-13-8-6-12(7-9-13)29-18-17(26-27-29)19(31)28(11-24-18)10-16(30)25-15-5-3-2-4-14(15)20(21,22)23/h2-9,11H,10H2,1H3,(H,25,30). The number of halogens is 3. The Labute approximate surface area is 178 Å². The molecule has 0 spiro atoms. The Morgan fingerprint density at radius 2 is 1.84 bits per heavy atom. The Morgan fingerprint density at radius 1 is 1.12 bits per heavy atom. The van der Waals surface area contributed by atoms with Crippen molar-refractivity contribution in [1.82, 2.24) is 24.5 Å². The van der Waals surface area contributed by atoms with Crippen LogP contribution in [0.25, 0.3) is 16.9 Å². The van der Waals surface area contributed by atoms with Crippen molar-refractivity contribution in [2.45, 2.75) is 12.7 Å². The predicted octanol–water partition coefficient (Wildman–Crippen LogP) is 2.64. The maximum atomic E-state index is 13.1. The number of nitrogens with one attached hydrogen (secondary N) is 1. The van der Waals surface area contributed by atoms with Crippen LogP contribution in [0.5, 0.6) is 5.75 Å². The minimum Gasteiger partial charge on any atom is -0.497 e. The van der Waals surface area contributed by atoms with E-state index in [0.717, 1.165) is 23.0 Å². The number of fused-ring (bicyclic) bond motifs is 1. The zero-order chi connectivity index (χ0) is 22.9. The summed E-state index contributed by atoms with van der Waals surface area (Å²) in [5.41, 5.74) is -1.39. The first-order valence-corrected chi connectivity index (χ1v) is 9.19. The Morgan fingerprint density at radius 3 is 2.53 bits per heavy atom. The summed E-state index contributed by atoms with van der Waals surface area (Å²) < 4.78 is 46.7. The number of hydrogen-bond donors (Lipinski definition) is 1. The van der Waals surface area contributed by atoms with Gasteiger partial charge in [-0.25, -0.2) is 4.98 Å². The molecule has 2 aromatic carbocycles. The van der Waals surface area contributed by atoms with E-state index in [9.17, 15) is 22.8 Å². The zero-order valence-corrected chi connectivity index (χ0v) is 16.5. The maximum Gasteiger partial charge on any atom is 0.418 e. The average Bonchev–Trinajstić information content (AvgIpc) is 3.20. The minimum absolute atomic E-state index is 0.0909. The van der Waals surface area contributed by atoms with Crippen LogP contribution >= 0.6 is 0 Å². The lowest BCUT2D eigenvalue weighted by molar-refractivity contribution is -0.137. The molecule has 9 nitrogen and oxygen atoms in total. The number of nitrogens with zero attached hydrogens (tertiary/aromatic N) is 5. The second kappa shape index (κ2) is 8.13. The van der Waals surface area contributed by atoms with E-state index in [0.29, 0.717) is 11.4 Å². The molecular weight excluding hydrogens is 429 g/mol. The fourth-order valence-electron chi connectivity index (χ4n) is 3.04. The molecule has 0 unspecified atom stereocenters. The molecular formula is C20H15F3N6O3. The number of ether oxygens (including phenoxy) is 1. The first-order chi connectivity index (χ1) is 15.3. The van der Waals surface area contributed by atoms with Gasteiger partial charge in [-0.2, -0.15) is 17.9 Å². The molecule has 0 saturated carbocycles. The highest BCUT2D eigenvalue weighted by atomic mass is 19.4. The second-order valence-electron chi connectivity index (χ2n) is 6.64. The number of aromatic nitrogens is 5. The van der Waals surface area contributed by atoms with Gasteiger partial charge in [0.05, 0.1) is 24.0 Å². The number of hydrogen-bond acceptors (Lipinski definition) is 6. The summed E-state index contributed by atoms with van der Waals surface area (Å²) in [6.45, 7) is -0.552. The molecule has 2 heterocycles. The molecule has 2 aromatic heterocycles. The number of anilines is 1. The SMILES string of the molecule is COc1ccc(-n2nnc3c(=O)n(CC(=O)Nc4ccccc4C(F)(F)F)cnc32)cc1. The molecule has 0 radical (unpaired) electrons. The van der Waals surface area contributed by atoms with Gasteiger partial charge in [0.25, 0.3) is 5.56 Å². The van der Waals surface area contributed by atoms with Crippen molar-refractivity contribution < 1.29 is 22.7 Å². The van der Waals surface area contributed by atoms with Crippen molar-refractivity contribution in [3.63, 3.8) is 0 Å². The van der Waals surface area contributed by atoms with Gasteiger partial charge in [0.1, 0.15) is 18.6 Å². The van der Waals surface area contributed by atoms with Gasteiger partial charge in [0, 0.05) is 0 Å². The van der Waals surface area contributed by atoms with Crippen LogP contribution in [0.1, 0.15) is 5.56 Å². The van der Waals surface area contributed by atoms with Crippen LogP contribution in [0, 0.1) is 0 Å². The first-order valence-electron chi connectivity index (χ1n) is 9.19. The summed E-state index contributed by atoms with van der Waals surface area (Å²) in [4.78, 5) is 29.2. The van der Waals surface area contributed by atoms with Crippen molar-refractivity contribution in [2.24, 2.45) is 0 Å². The number of carbonyl (C=O) groups excluding carboxylic acids is 1. The number of para-hydroxylation sites is 1. The second-order valence-corrected chi connectivity index (χ2v) is 6.64. The van der Waals surface area contributed by atoms with Crippen LogP contribution in [-0.4, -0.2) is 37.6 Å². The lowest BCUT2D eigenvalue weighted by atomic mass is 10.1. The van der Waals surface area contributed by atoms with Crippen LogP contribution in [0.2, 0.25) is 0 Å². The van der Waals surface area contributed by atoms with Crippen molar-refractivity contribution in [1.29, 1.82) is 0 Å². The molecule has 0 aliphatic carbocycles. The van der Waals surface area contributed by atoms with Gasteiger partial charge < -0.3 is 10.1 Å². The fourth-order valence-corrected chi connectivity index (χ4v) is 3.04. The van der Waals surface area contributed by atoms with E-state index < -0.39 is 35.4 Å². The fraction of sp³-hybridized carbons (Fsp3) is 0.150. The molecule has 12 heteroatoms. The van der Waals surface area contributed by atoms with Crippen molar-refractivity contribution in [2.75, 3.05) is 12.4 Å². The highest BCUT2D eigenvalue weighted by molar-refractivity contribution is 5.91. The van der Waals surface area contributed by atoms with Gasteiger partial charge in [-0.3, -0.25) is 14.2 Å². The van der Waals surface area contributed by atoms with Crippen LogP contribution in [0.15, 0.2) is 59.7 Å². The number of rotatable bonds is 5. The predicted molar refractivity (Wildman–Crippen MR) is 108 cm³/mol. The molecule has 1 amide bonds. The lowest BCUT2D eigenvalue weighted by Gasteiger charge is -2.13. The summed E-state index contributed by atoms with van der Waals surface area (Å²) in [5.74, 6) is -0.195. The maximum absolute atomic E-state index is 13.1. The molecule has 4 rings (SSSR count). The third-order valence-corrected chi connectivity index (χ3v) is 4.57. The largest absolute Gasteiger partial charge is 0.497 e. The Hall–Kier alpha value is -4.22. The van der Waals surface area contributed by atoms with Gasteiger partial charge in [-0.05, 0) is 36.4 Å². The Balaban J connectivity index is 1.59. The van der Waals surface area contributed by atoms with E-state index >= 15 is 0 Å². The van der Waals surface area contributed by atoms with Crippen LogP contribution in [-0.2, 0) is 17.5 Å². The van der Waals surface area contributed by atoms with Crippen LogP contribution in [0.4, 0.5) is 18.9 Å². The van der Waals surface area contributed by atoms with E-state index in [1.54, 1.807) is 24.3 Å². The average molecular weight is 444 g/mol. The number of alkyl halides is 3. The smallest absolute Gasteiger partial charge is 0.418 e. The monoisotopic (exact) mass is 444 g/mol. The number of benzene rings is 2. The molecule has 0 saturated heterocycles. The molecule has 0 atom stereocenters. The molecule has 32 heavy (non-hydrogen) atoms. The van der Waals surface area contributed by atoms with E-state index in [1.807, 2.05) is 0 Å². The van der Waals surface area contributed by atoms with Crippen molar-refractivity contribution in [3.05, 3.63) is 70.8 Å². The summed E-state index contributed by atoms with van der Waals surface area (Å²) >= 11 is 0. The summed E-state index contributed by atoms with van der Waals surface area (Å²) in [7, 11) is 1.53. The molecule has 0 bridgehead atoms. The normalized spacial score (nSPS) is 11.5. The van der Waals surface area contributed by atoms with Gasteiger partial charge in [0.15, 0.2) is 11.2 Å². The summed E-state index contributed by atoms with van der Waals surface area (Å²) in [5, 5.41) is 9.96. The van der Waals surface area contributed by atoms with Gasteiger partial charge in [-0.1, -0.05) is 17.3 Å². The third kappa shape index (κ3) is 4.02. The van der Waals surface area contributed by atoms with E-state index in [2.05, 4.69) is 20.6 Å².